The molecule has 1 heterocycles. The number of nitrogens with zero attached hydrogens (tertiary/aromatic N) is 2. The Morgan fingerprint density at radius 3 is 2.68 bits per heavy atom. The first kappa shape index (κ1) is 17.1. The number of benzene rings is 2. The molecular weight excluding hydrogens is 339 g/mol. The fourth-order valence-electron chi connectivity index (χ4n) is 2.28. The number of aromatic nitrogens is 2. The van der Waals surface area contributed by atoms with Crippen LogP contribution in [0.25, 0.3) is 5.69 Å². The molecule has 0 bridgehead atoms. The van der Waals surface area contributed by atoms with Gasteiger partial charge in [0.1, 0.15) is 5.82 Å². The maximum Gasteiger partial charge on any atom is 0.287 e. The molecule has 0 unspecified atom stereocenters. The number of hydrogen-bond acceptors (Lipinski definition) is 4. The average Bonchev–Trinajstić information content (AvgIpc) is 2.61. The summed E-state index contributed by atoms with van der Waals surface area (Å²) in [6.07, 6.45) is 2.94. The zero-order valence-corrected chi connectivity index (χ0v) is 14.3. The molecule has 0 aliphatic rings. The van der Waals surface area contributed by atoms with Gasteiger partial charge in [0.2, 0.25) is 0 Å². The highest BCUT2D eigenvalue weighted by Gasteiger charge is 2.11. The third-order valence-electron chi connectivity index (χ3n) is 3.61. The molecule has 0 radical (unpaired) electrons. The Morgan fingerprint density at radius 1 is 1.20 bits per heavy atom. The van der Waals surface area contributed by atoms with Crippen LogP contribution in [0.1, 0.15) is 15.9 Å². The zero-order chi connectivity index (χ0) is 17.8. The summed E-state index contributed by atoms with van der Waals surface area (Å²) < 4.78 is 14.7. The van der Waals surface area contributed by atoms with E-state index in [-0.39, 0.29) is 22.1 Å². The van der Waals surface area contributed by atoms with Crippen LogP contribution in [-0.2, 0) is 0 Å². The van der Waals surface area contributed by atoms with Crippen molar-refractivity contribution in [2.24, 2.45) is 0 Å². The van der Waals surface area contributed by atoms with Crippen LogP contribution in [0.4, 0.5) is 4.39 Å². The number of rotatable bonds is 5. The summed E-state index contributed by atoms with van der Waals surface area (Å²) in [7, 11) is 0. The predicted molar refractivity (Wildman–Crippen MR) is 96.0 cm³/mol. The molecule has 1 aromatic heterocycles. The van der Waals surface area contributed by atoms with Crippen LogP contribution in [0, 0.1) is 12.7 Å². The van der Waals surface area contributed by atoms with Gasteiger partial charge in [0.05, 0.1) is 11.4 Å². The van der Waals surface area contributed by atoms with E-state index in [1.165, 1.54) is 35.2 Å². The van der Waals surface area contributed by atoms with Crippen molar-refractivity contribution in [2.75, 3.05) is 5.75 Å². The van der Waals surface area contributed by atoms with Gasteiger partial charge in [-0.3, -0.25) is 14.2 Å². The molecule has 0 aliphatic carbocycles. The Labute approximate surface area is 148 Å². The van der Waals surface area contributed by atoms with Gasteiger partial charge in [-0.05, 0) is 25.1 Å². The van der Waals surface area contributed by atoms with Crippen LogP contribution >= 0.6 is 11.8 Å². The summed E-state index contributed by atoms with van der Waals surface area (Å²) in [5, 5.41) is 0.201. The van der Waals surface area contributed by atoms with Gasteiger partial charge in [-0.1, -0.05) is 47.7 Å². The van der Waals surface area contributed by atoms with Crippen molar-refractivity contribution in [2.45, 2.75) is 11.9 Å². The fourth-order valence-corrected chi connectivity index (χ4v) is 3.07. The number of Topliss-reactive ketones (excluding diaryl/α,β-unsaturated/α-hetero) is 1. The minimum absolute atomic E-state index is 0.0765. The number of hydrogen-bond donors (Lipinski definition) is 0. The van der Waals surface area contributed by atoms with E-state index in [9.17, 15) is 14.0 Å². The van der Waals surface area contributed by atoms with Crippen molar-refractivity contribution < 1.29 is 9.18 Å². The lowest BCUT2D eigenvalue weighted by Crippen LogP contribution is -2.21. The quantitative estimate of drug-likeness (QED) is 0.518. The second-order valence-electron chi connectivity index (χ2n) is 5.47. The number of carbonyl (C=O) groups is 1. The molecule has 2 aromatic carbocycles. The fraction of sp³-hybridized carbons (Fsp3) is 0.105. The summed E-state index contributed by atoms with van der Waals surface area (Å²) >= 11 is 1.08. The highest BCUT2D eigenvalue weighted by Crippen LogP contribution is 2.15. The summed E-state index contributed by atoms with van der Waals surface area (Å²) in [5.74, 6) is -0.393. The first-order chi connectivity index (χ1) is 12.0. The molecule has 4 nitrogen and oxygen atoms in total. The van der Waals surface area contributed by atoms with Crippen molar-refractivity contribution in [1.29, 1.82) is 0 Å². The van der Waals surface area contributed by atoms with Crippen LogP contribution < -0.4 is 5.56 Å². The second-order valence-corrected chi connectivity index (χ2v) is 6.43. The molecule has 0 atom stereocenters. The topological polar surface area (TPSA) is 52.0 Å². The van der Waals surface area contributed by atoms with Crippen LogP contribution in [0.15, 0.2) is 70.7 Å². The zero-order valence-electron chi connectivity index (χ0n) is 13.5. The van der Waals surface area contributed by atoms with Crippen molar-refractivity contribution in [3.63, 3.8) is 0 Å². The Hall–Kier alpha value is -2.73. The molecule has 25 heavy (non-hydrogen) atoms. The molecule has 3 rings (SSSR count). The lowest BCUT2D eigenvalue weighted by molar-refractivity contribution is 0.102. The van der Waals surface area contributed by atoms with Gasteiger partial charge in [0, 0.05) is 18.0 Å². The molecular formula is C19H15FN2O2S. The van der Waals surface area contributed by atoms with Gasteiger partial charge < -0.3 is 0 Å². The molecule has 0 spiro atoms. The van der Waals surface area contributed by atoms with E-state index in [2.05, 4.69) is 4.98 Å². The van der Waals surface area contributed by atoms with E-state index >= 15 is 0 Å². The van der Waals surface area contributed by atoms with E-state index in [0.29, 0.717) is 11.3 Å². The Bertz CT molecular complexity index is 968. The van der Waals surface area contributed by atoms with Crippen LogP contribution in [0.5, 0.6) is 0 Å². The summed E-state index contributed by atoms with van der Waals surface area (Å²) in [6, 6.07) is 13.0. The predicted octanol–water partition coefficient (Wildman–Crippen LogP) is 3.66. The summed E-state index contributed by atoms with van der Waals surface area (Å²) in [5.41, 5.74) is 1.71. The van der Waals surface area contributed by atoms with Crippen molar-refractivity contribution >= 4 is 17.5 Å². The third kappa shape index (κ3) is 4.03. The van der Waals surface area contributed by atoms with E-state index in [1.807, 2.05) is 19.1 Å². The summed E-state index contributed by atoms with van der Waals surface area (Å²) in [6.45, 7) is 1.95. The van der Waals surface area contributed by atoms with Gasteiger partial charge in [-0.15, -0.1) is 0 Å². The summed E-state index contributed by atoms with van der Waals surface area (Å²) in [4.78, 5) is 28.8. The normalized spacial score (nSPS) is 10.6. The van der Waals surface area contributed by atoms with Crippen LogP contribution in [0.2, 0.25) is 0 Å². The van der Waals surface area contributed by atoms with Crippen molar-refractivity contribution in [3.8, 4) is 5.69 Å². The van der Waals surface area contributed by atoms with E-state index in [0.717, 1.165) is 17.3 Å². The number of halogens is 1. The van der Waals surface area contributed by atoms with Gasteiger partial charge in [0.25, 0.3) is 5.56 Å². The number of thioether (sulfide) groups is 1. The number of ketones is 1. The number of carbonyl (C=O) groups excluding carboxylic acids is 1. The Balaban J connectivity index is 1.80. The van der Waals surface area contributed by atoms with E-state index in [4.69, 9.17) is 0 Å². The van der Waals surface area contributed by atoms with Crippen LogP contribution in [-0.4, -0.2) is 21.1 Å². The Morgan fingerprint density at radius 2 is 1.96 bits per heavy atom. The average molecular weight is 354 g/mol. The molecule has 0 saturated heterocycles. The smallest absolute Gasteiger partial charge is 0.287 e. The first-order valence-electron chi connectivity index (χ1n) is 7.61. The maximum absolute atomic E-state index is 13.4. The van der Waals surface area contributed by atoms with E-state index < -0.39 is 5.82 Å². The largest absolute Gasteiger partial charge is 0.293 e. The SMILES string of the molecule is Cc1ccc(C(=O)CSc2nccn(-c3cccc(F)c3)c2=O)cc1. The Kier molecular flexibility index (Phi) is 5.09. The van der Waals surface area contributed by atoms with E-state index in [1.54, 1.807) is 18.2 Å². The van der Waals surface area contributed by atoms with Crippen molar-refractivity contribution in [1.82, 2.24) is 9.55 Å². The lowest BCUT2D eigenvalue weighted by atomic mass is 10.1. The van der Waals surface area contributed by atoms with Crippen LogP contribution in [0.3, 0.4) is 0 Å². The number of aryl methyl sites for hydroxylation is 1. The molecule has 126 valence electrons. The standard InChI is InChI=1S/C19H15FN2O2S/c1-13-5-7-14(8-6-13)17(23)12-25-18-19(24)22(10-9-21-18)16-4-2-3-15(20)11-16/h2-11H,12H2,1H3. The minimum atomic E-state index is -0.426. The molecule has 0 fully saturated rings. The molecule has 0 N–H and O–H groups in total. The van der Waals surface area contributed by atoms with Crippen molar-refractivity contribution in [3.05, 3.63) is 88.2 Å². The third-order valence-corrected chi connectivity index (χ3v) is 4.57. The van der Waals surface area contributed by atoms with Gasteiger partial charge >= 0.3 is 0 Å². The molecule has 0 amide bonds. The van der Waals surface area contributed by atoms with Gasteiger partial charge in [0.15, 0.2) is 10.8 Å². The highest BCUT2D eigenvalue weighted by molar-refractivity contribution is 7.99. The van der Waals surface area contributed by atoms with Gasteiger partial charge in [-0.25, -0.2) is 9.37 Å². The molecule has 0 saturated carbocycles. The highest BCUT2D eigenvalue weighted by atomic mass is 32.2. The molecule has 3 aromatic rings. The first-order valence-corrected chi connectivity index (χ1v) is 8.59. The second kappa shape index (κ2) is 7.44. The lowest BCUT2D eigenvalue weighted by Gasteiger charge is -2.07. The molecule has 0 aliphatic heterocycles. The monoisotopic (exact) mass is 354 g/mol. The van der Waals surface area contributed by atoms with Gasteiger partial charge in [-0.2, -0.15) is 0 Å². The maximum atomic E-state index is 13.4. The minimum Gasteiger partial charge on any atom is -0.293 e. The molecule has 6 heteroatoms.